The third kappa shape index (κ3) is 15.0. The van der Waals surface area contributed by atoms with E-state index in [-0.39, 0.29) is 5.78 Å². The highest BCUT2D eigenvalue weighted by molar-refractivity contribution is 5.93. The van der Waals surface area contributed by atoms with Gasteiger partial charge < -0.3 is 11.7 Å². The maximum absolute atomic E-state index is 10.6. The standard InChI is InChI=1S/C8H8O.2CH4N4/c1-7(9)8-5-3-2-4-6-8;2*2-4-1-5-3/h2-6H,1H3;2*1-2H,3H2. The van der Waals surface area contributed by atoms with E-state index >= 15 is 0 Å². The van der Waals surface area contributed by atoms with Crippen LogP contribution in [0.4, 0.5) is 0 Å². The highest BCUT2D eigenvalue weighted by Gasteiger charge is 1.92. The minimum Gasteiger partial charge on any atom is -0.322 e. The third-order valence-electron chi connectivity index (χ3n) is 1.43. The van der Waals surface area contributed by atoms with Crippen LogP contribution < -0.4 is 11.7 Å². The van der Waals surface area contributed by atoms with Gasteiger partial charge in [-0.2, -0.15) is 10.2 Å². The summed E-state index contributed by atoms with van der Waals surface area (Å²) < 4.78 is 0. The number of nitrogens with zero attached hydrogens (tertiary/aromatic N) is 4. The highest BCUT2D eigenvalue weighted by atomic mass is 16.1. The zero-order chi connectivity index (χ0) is 14.9. The van der Waals surface area contributed by atoms with Crippen molar-refractivity contribution in [3.63, 3.8) is 0 Å². The smallest absolute Gasteiger partial charge is 0.159 e. The van der Waals surface area contributed by atoms with E-state index in [1.807, 2.05) is 30.3 Å². The molecule has 0 spiro atoms. The number of carbonyl (C=O) groups excluding carboxylic acids is 1. The topological polar surface area (TPSA) is 166 Å². The van der Waals surface area contributed by atoms with Gasteiger partial charge in [0, 0.05) is 5.56 Å². The number of hydrazone groups is 2. The van der Waals surface area contributed by atoms with E-state index in [9.17, 15) is 4.79 Å². The normalized spacial score (nSPS) is 8.89. The van der Waals surface area contributed by atoms with Gasteiger partial charge >= 0.3 is 0 Å². The molecule has 0 heterocycles. The lowest BCUT2D eigenvalue weighted by atomic mass is 10.2. The van der Waals surface area contributed by atoms with E-state index in [0.717, 1.165) is 18.2 Å². The van der Waals surface area contributed by atoms with Gasteiger partial charge in [0.2, 0.25) is 0 Å². The average Bonchev–Trinajstić information content (AvgIpc) is 2.43. The maximum Gasteiger partial charge on any atom is 0.159 e. The van der Waals surface area contributed by atoms with Gasteiger partial charge in [0.15, 0.2) is 18.5 Å². The summed E-state index contributed by atoms with van der Waals surface area (Å²) in [5, 5.41) is 11.1. The van der Waals surface area contributed by atoms with Crippen molar-refractivity contribution in [2.45, 2.75) is 6.92 Å². The van der Waals surface area contributed by atoms with Gasteiger partial charge in [-0.1, -0.05) is 30.3 Å². The molecule has 1 rings (SSSR count). The summed E-state index contributed by atoms with van der Waals surface area (Å²) in [6.07, 6.45) is 1.89. The van der Waals surface area contributed by atoms with E-state index in [1.165, 1.54) is 0 Å². The maximum atomic E-state index is 10.6. The Hall–Kier alpha value is -2.97. The van der Waals surface area contributed by atoms with Crippen LogP contribution in [0.5, 0.6) is 0 Å². The van der Waals surface area contributed by atoms with Crippen LogP contribution in [0.25, 0.3) is 0 Å². The second-order valence-corrected chi connectivity index (χ2v) is 2.71. The fourth-order valence-corrected chi connectivity index (χ4v) is 0.740. The van der Waals surface area contributed by atoms with E-state index in [0.29, 0.717) is 0 Å². The molecule has 0 atom stereocenters. The van der Waals surface area contributed by atoms with Crippen molar-refractivity contribution in [3.8, 4) is 0 Å². The molecule has 0 saturated carbocycles. The van der Waals surface area contributed by atoms with Gasteiger partial charge in [-0.15, -0.1) is 10.2 Å². The summed E-state index contributed by atoms with van der Waals surface area (Å²) >= 11 is 0. The lowest BCUT2D eigenvalue weighted by Gasteiger charge is -1.89. The monoisotopic (exact) mass is 264 g/mol. The molecular weight excluding hydrogens is 248 g/mol. The van der Waals surface area contributed by atoms with Crippen molar-refractivity contribution < 1.29 is 4.79 Å². The van der Waals surface area contributed by atoms with Crippen molar-refractivity contribution in [2.24, 2.45) is 32.1 Å². The Morgan fingerprint density at radius 1 is 1.05 bits per heavy atom. The number of hydrogen-bond acceptors (Lipinski definition) is 7. The predicted molar refractivity (Wildman–Crippen MR) is 72.1 cm³/mol. The SMILES string of the molecule is CC(=O)c1ccccc1.N=NC=NN.N=NC=NN. The number of carbonyl (C=O) groups is 1. The second kappa shape index (κ2) is 15.0. The zero-order valence-corrected chi connectivity index (χ0v) is 10.4. The lowest BCUT2D eigenvalue weighted by Crippen LogP contribution is -1.88. The summed E-state index contributed by atoms with van der Waals surface area (Å²) in [7, 11) is 0. The summed E-state index contributed by atoms with van der Waals surface area (Å²) in [6.45, 7) is 1.56. The number of Topliss-reactive ketones (excluding diaryl/α,β-unsaturated/α-hetero) is 1. The van der Waals surface area contributed by atoms with Gasteiger partial charge in [-0.25, -0.2) is 11.1 Å². The first-order chi connectivity index (χ1) is 9.13. The van der Waals surface area contributed by atoms with Crippen LogP contribution in [0.1, 0.15) is 17.3 Å². The molecule has 1 aromatic carbocycles. The molecular formula is C10H16N8O. The molecule has 9 nitrogen and oxygen atoms in total. The van der Waals surface area contributed by atoms with E-state index < -0.39 is 0 Å². The first-order valence-electron chi connectivity index (χ1n) is 4.86. The third-order valence-corrected chi connectivity index (χ3v) is 1.43. The molecule has 0 aliphatic heterocycles. The number of nitrogens with two attached hydrogens (primary N) is 2. The van der Waals surface area contributed by atoms with Crippen molar-refractivity contribution in [1.29, 1.82) is 11.1 Å². The minimum absolute atomic E-state index is 0.121. The van der Waals surface area contributed by atoms with E-state index in [2.05, 4.69) is 32.1 Å². The van der Waals surface area contributed by atoms with E-state index in [4.69, 9.17) is 11.1 Å². The fourth-order valence-electron chi connectivity index (χ4n) is 0.740. The molecule has 0 bridgehead atoms. The van der Waals surface area contributed by atoms with Crippen LogP contribution in [0, 0.1) is 11.1 Å². The van der Waals surface area contributed by atoms with Crippen molar-refractivity contribution >= 4 is 18.5 Å². The largest absolute Gasteiger partial charge is 0.322 e. The Kier molecular flexibility index (Phi) is 14.6. The highest BCUT2D eigenvalue weighted by Crippen LogP contribution is 1.97. The molecule has 19 heavy (non-hydrogen) atoms. The minimum atomic E-state index is 0.121. The molecule has 0 aromatic heterocycles. The number of nitrogens with one attached hydrogen (secondary N) is 2. The Balaban J connectivity index is 0. The van der Waals surface area contributed by atoms with Crippen molar-refractivity contribution in [2.75, 3.05) is 0 Å². The Morgan fingerprint density at radius 3 is 1.63 bits per heavy atom. The quantitative estimate of drug-likeness (QED) is 0.163. The first kappa shape index (κ1) is 18.4. The fraction of sp³-hybridized carbons (Fsp3) is 0.100. The molecule has 1 aromatic rings. The van der Waals surface area contributed by atoms with Crippen LogP contribution in [-0.4, -0.2) is 18.5 Å². The van der Waals surface area contributed by atoms with Crippen molar-refractivity contribution in [1.82, 2.24) is 0 Å². The molecule has 0 aliphatic carbocycles. The van der Waals surface area contributed by atoms with Crippen LogP contribution in [-0.2, 0) is 0 Å². The molecule has 0 saturated heterocycles. The Bertz CT molecular complexity index is 399. The zero-order valence-electron chi connectivity index (χ0n) is 10.4. The number of hydrogen-bond donors (Lipinski definition) is 4. The molecule has 0 radical (unpaired) electrons. The second-order valence-electron chi connectivity index (χ2n) is 2.71. The molecule has 0 unspecified atom stereocenters. The molecule has 0 amide bonds. The van der Waals surface area contributed by atoms with E-state index in [1.54, 1.807) is 6.92 Å². The van der Waals surface area contributed by atoms with Crippen LogP contribution in [0.2, 0.25) is 0 Å². The number of rotatable bonds is 3. The van der Waals surface area contributed by atoms with Crippen LogP contribution in [0.15, 0.2) is 50.8 Å². The molecule has 9 heteroatoms. The van der Waals surface area contributed by atoms with Gasteiger partial charge in [-0.3, -0.25) is 4.79 Å². The summed E-state index contributed by atoms with van der Waals surface area (Å²) in [5.74, 6) is 9.11. The Morgan fingerprint density at radius 2 is 1.47 bits per heavy atom. The summed E-state index contributed by atoms with van der Waals surface area (Å²) in [5.41, 5.74) is 12.8. The number of benzene rings is 1. The molecule has 0 aliphatic rings. The van der Waals surface area contributed by atoms with Gasteiger partial charge in [0.05, 0.1) is 0 Å². The van der Waals surface area contributed by atoms with Crippen LogP contribution >= 0.6 is 0 Å². The Labute approximate surface area is 110 Å². The van der Waals surface area contributed by atoms with Gasteiger partial charge in [0.25, 0.3) is 0 Å². The summed E-state index contributed by atoms with van der Waals surface area (Å²) in [4.78, 5) is 10.6. The molecule has 102 valence electrons. The van der Waals surface area contributed by atoms with Gasteiger partial charge in [-0.05, 0) is 6.92 Å². The molecule has 6 N–H and O–H groups in total. The lowest BCUT2D eigenvalue weighted by molar-refractivity contribution is 0.101. The average molecular weight is 264 g/mol. The van der Waals surface area contributed by atoms with Crippen molar-refractivity contribution in [3.05, 3.63) is 35.9 Å². The molecule has 0 fully saturated rings. The summed E-state index contributed by atoms with van der Waals surface area (Å²) in [6, 6.07) is 9.23. The first-order valence-corrected chi connectivity index (χ1v) is 4.86. The number of ketones is 1. The predicted octanol–water partition coefficient (Wildman–Crippen LogP) is 1.73. The van der Waals surface area contributed by atoms with Crippen LogP contribution in [0.3, 0.4) is 0 Å². The van der Waals surface area contributed by atoms with Gasteiger partial charge in [0.1, 0.15) is 0 Å².